The monoisotopic (exact) mass is 761 g/mol. The molecule has 0 atom stereocenters. The van der Waals surface area contributed by atoms with Gasteiger partial charge in [0.15, 0.2) is 0 Å². The lowest BCUT2D eigenvalue weighted by atomic mass is 9.92. The van der Waals surface area contributed by atoms with Gasteiger partial charge in [-0.25, -0.2) is 0 Å². The highest BCUT2D eigenvalue weighted by Gasteiger charge is 2.21. The zero-order valence-electron chi connectivity index (χ0n) is 31.0. The predicted octanol–water partition coefficient (Wildman–Crippen LogP) is 16.6. The molecule has 0 fully saturated rings. The van der Waals surface area contributed by atoms with Crippen LogP contribution >= 0.6 is 22.7 Å². The van der Waals surface area contributed by atoms with Crippen molar-refractivity contribution in [3.63, 3.8) is 0 Å². The molecule has 0 aliphatic rings. The summed E-state index contributed by atoms with van der Waals surface area (Å²) in [4.78, 5) is 2.46. The molecule has 0 amide bonds. The van der Waals surface area contributed by atoms with E-state index in [1.165, 1.54) is 90.5 Å². The van der Waals surface area contributed by atoms with Gasteiger partial charge in [0.2, 0.25) is 0 Å². The van der Waals surface area contributed by atoms with Gasteiger partial charge in [-0.2, -0.15) is 0 Å². The molecule has 0 spiro atoms. The van der Waals surface area contributed by atoms with E-state index in [1.54, 1.807) is 0 Å². The van der Waals surface area contributed by atoms with Crippen molar-refractivity contribution in [2.24, 2.45) is 0 Å². The van der Waals surface area contributed by atoms with Gasteiger partial charge in [-0.15, -0.1) is 22.7 Å². The maximum Gasteiger partial charge on any atom is 0.0640 e. The molecular weight excluding hydrogens is 727 g/mol. The third-order valence-electron chi connectivity index (χ3n) is 11.1. The standard InChI is InChI=1S/C54H35NS2/c1-3-15-36(16-4-1)41-19-7-8-20-42(41)38-29-31-39(32-30-38)55(50-26-14-25-48-45-22-10-12-28-52(45)57-54(48)50)40-33-34-43(49(35-40)37-17-5-2-6-18-37)46-23-13-24-47-44-21-9-11-27-51(44)56-53(46)47/h1-35H. The van der Waals surface area contributed by atoms with Crippen LogP contribution in [0.25, 0.3) is 84.9 Å². The van der Waals surface area contributed by atoms with Crippen LogP contribution in [0, 0.1) is 0 Å². The van der Waals surface area contributed by atoms with E-state index in [1.807, 2.05) is 22.7 Å². The number of anilines is 3. The zero-order chi connectivity index (χ0) is 37.7. The van der Waals surface area contributed by atoms with Crippen molar-refractivity contribution in [2.75, 3.05) is 4.90 Å². The average Bonchev–Trinajstić information content (AvgIpc) is 3.87. The average molecular weight is 762 g/mol. The second-order valence-electron chi connectivity index (χ2n) is 14.4. The molecule has 11 rings (SSSR count). The summed E-state index contributed by atoms with van der Waals surface area (Å²) < 4.78 is 5.21. The molecule has 2 heterocycles. The Morgan fingerprint density at radius 1 is 0.281 bits per heavy atom. The Balaban J connectivity index is 1.12. The minimum absolute atomic E-state index is 1.11. The van der Waals surface area contributed by atoms with Crippen molar-refractivity contribution >= 4 is 80.1 Å². The van der Waals surface area contributed by atoms with Crippen LogP contribution in [-0.2, 0) is 0 Å². The summed E-state index contributed by atoms with van der Waals surface area (Å²) in [6.07, 6.45) is 0. The number of hydrogen-bond acceptors (Lipinski definition) is 3. The molecule has 0 aliphatic carbocycles. The molecular formula is C54H35NS2. The van der Waals surface area contributed by atoms with Gasteiger partial charge in [-0.3, -0.25) is 0 Å². The molecule has 3 heteroatoms. The van der Waals surface area contributed by atoms with Gasteiger partial charge in [0.25, 0.3) is 0 Å². The Bertz CT molecular complexity index is 3230. The van der Waals surface area contributed by atoms with E-state index in [9.17, 15) is 0 Å². The number of rotatable bonds is 7. The van der Waals surface area contributed by atoms with E-state index in [0.717, 1.165) is 11.4 Å². The van der Waals surface area contributed by atoms with Gasteiger partial charge in [-0.1, -0.05) is 170 Å². The van der Waals surface area contributed by atoms with Crippen molar-refractivity contribution in [3.05, 3.63) is 212 Å². The molecule has 0 bridgehead atoms. The number of hydrogen-bond donors (Lipinski definition) is 0. The minimum Gasteiger partial charge on any atom is -0.309 e. The summed E-state index contributed by atoms with van der Waals surface area (Å²) in [7, 11) is 0. The van der Waals surface area contributed by atoms with Crippen molar-refractivity contribution < 1.29 is 0 Å². The van der Waals surface area contributed by atoms with Gasteiger partial charge in [0.1, 0.15) is 0 Å². The molecule has 0 N–H and O–H groups in total. The van der Waals surface area contributed by atoms with Gasteiger partial charge in [0, 0.05) is 52.6 Å². The summed E-state index contributed by atoms with van der Waals surface area (Å²) in [5, 5.41) is 5.20. The number of fused-ring (bicyclic) bond motifs is 6. The van der Waals surface area contributed by atoms with Crippen molar-refractivity contribution in [3.8, 4) is 44.5 Å². The maximum absolute atomic E-state index is 2.46. The Morgan fingerprint density at radius 3 is 1.42 bits per heavy atom. The Morgan fingerprint density at radius 2 is 0.754 bits per heavy atom. The molecule has 0 aliphatic heterocycles. The zero-order valence-corrected chi connectivity index (χ0v) is 32.6. The Kier molecular flexibility index (Phi) is 8.28. The molecule has 2 aromatic heterocycles. The lowest BCUT2D eigenvalue weighted by molar-refractivity contribution is 1.30. The van der Waals surface area contributed by atoms with E-state index in [-0.39, 0.29) is 0 Å². The minimum atomic E-state index is 1.11. The summed E-state index contributed by atoms with van der Waals surface area (Å²) in [5.41, 5.74) is 13.2. The van der Waals surface area contributed by atoms with E-state index in [4.69, 9.17) is 0 Å². The SMILES string of the molecule is c1ccc(-c2ccccc2-c2ccc(N(c3ccc(-c4cccc5c4sc4ccccc45)c(-c4ccccc4)c3)c3cccc4c3sc3ccccc34)cc2)cc1. The molecule has 0 radical (unpaired) electrons. The highest BCUT2D eigenvalue weighted by Crippen LogP contribution is 2.48. The lowest BCUT2D eigenvalue weighted by Crippen LogP contribution is -2.10. The van der Waals surface area contributed by atoms with E-state index in [0.29, 0.717) is 0 Å². The van der Waals surface area contributed by atoms with E-state index >= 15 is 0 Å². The predicted molar refractivity (Wildman–Crippen MR) is 249 cm³/mol. The maximum atomic E-state index is 2.46. The van der Waals surface area contributed by atoms with E-state index < -0.39 is 0 Å². The smallest absolute Gasteiger partial charge is 0.0640 e. The normalized spacial score (nSPS) is 11.5. The van der Waals surface area contributed by atoms with Gasteiger partial charge < -0.3 is 4.90 Å². The first-order valence-electron chi connectivity index (χ1n) is 19.3. The quantitative estimate of drug-likeness (QED) is 0.156. The molecule has 11 aromatic rings. The molecule has 1 nitrogen and oxygen atoms in total. The first-order valence-corrected chi connectivity index (χ1v) is 21.0. The van der Waals surface area contributed by atoms with Crippen LogP contribution in [0.1, 0.15) is 0 Å². The van der Waals surface area contributed by atoms with Crippen molar-refractivity contribution in [1.82, 2.24) is 0 Å². The van der Waals surface area contributed by atoms with Crippen LogP contribution in [0.3, 0.4) is 0 Å². The summed E-state index contributed by atoms with van der Waals surface area (Å²) in [6, 6.07) is 77.6. The van der Waals surface area contributed by atoms with Crippen LogP contribution in [0.15, 0.2) is 212 Å². The fourth-order valence-electron chi connectivity index (χ4n) is 8.45. The van der Waals surface area contributed by atoms with Gasteiger partial charge in [-0.05, 0) is 81.4 Å². The molecule has 9 aromatic carbocycles. The largest absolute Gasteiger partial charge is 0.309 e. The molecule has 57 heavy (non-hydrogen) atoms. The number of benzene rings is 9. The van der Waals surface area contributed by atoms with Crippen LogP contribution in [0.2, 0.25) is 0 Å². The number of thiophene rings is 2. The molecule has 0 saturated heterocycles. The highest BCUT2D eigenvalue weighted by molar-refractivity contribution is 7.26. The summed E-state index contributed by atoms with van der Waals surface area (Å²) >= 11 is 3.75. The third-order valence-corrected chi connectivity index (χ3v) is 13.5. The first kappa shape index (κ1) is 33.5. The van der Waals surface area contributed by atoms with E-state index in [2.05, 4.69) is 217 Å². The van der Waals surface area contributed by atoms with Gasteiger partial charge in [0.05, 0.1) is 10.4 Å². The fraction of sp³-hybridized carbons (Fsp3) is 0. The van der Waals surface area contributed by atoms with Crippen LogP contribution in [0.5, 0.6) is 0 Å². The van der Waals surface area contributed by atoms with Crippen LogP contribution in [0.4, 0.5) is 17.1 Å². The molecule has 0 unspecified atom stereocenters. The first-order chi connectivity index (χ1) is 28.3. The summed E-state index contributed by atoms with van der Waals surface area (Å²) in [6.45, 7) is 0. The molecule has 268 valence electrons. The number of nitrogens with zero attached hydrogens (tertiary/aromatic N) is 1. The van der Waals surface area contributed by atoms with Crippen molar-refractivity contribution in [2.45, 2.75) is 0 Å². The van der Waals surface area contributed by atoms with Crippen LogP contribution in [-0.4, -0.2) is 0 Å². The second kappa shape index (κ2) is 14.1. The highest BCUT2D eigenvalue weighted by atomic mass is 32.1. The van der Waals surface area contributed by atoms with Gasteiger partial charge >= 0.3 is 0 Å². The Hall–Kier alpha value is -6.78. The lowest BCUT2D eigenvalue weighted by Gasteiger charge is -2.27. The molecule has 0 saturated carbocycles. The van der Waals surface area contributed by atoms with Crippen LogP contribution < -0.4 is 4.90 Å². The van der Waals surface area contributed by atoms with Crippen molar-refractivity contribution in [1.29, 1.82) is 0 Å². The third kappa shape index (κ3) is 5.83. The topological polar surface area (TPSA) is 3.24 Å². The second-order valence-corrected chi connectivity index (χ2v) is 16.5. The fourth-order valence-corrected chi connectivity index (χ4v) is 10.9. The summed E-state index contributed by atoms with van der Waals surface area (Å²) in [5.74, 6) is 0. The Labute approximate surface area is 340 Å².